The van der Waals surface area contributed by atoms with Gasteiger partial charge in [-0.15, -0.1) is 0 Å². The number of benzene rings is 1. The Morgan fingerprint density at radius 1 is 1.35 bits per heavy atom. The number of pyridine rings is 1. The average Bonchev–Trinajstić information content (AvgIpc) is 2.53. The molecule has 1 aromatic carbocycles. The van der Waals surface area contributed by atoms with Crippen LogP contribution in [0.2, 0.25) is 0 Å². The minimum absolute atomic E-state index is 0.105. The van der Waals surface area contributed by atoms with Crippen LogP contribution in [0.3, 0.4) is 0 Å². The molecule has 0 radical (unpaired) electrons. The van der Waals surface area contributed by atoms with Gasteiger partial charge in [0.05, 0.1) is 23.2 Å². The number of nitrogens with one attached hydrogen (secondary N) is 1. The van der Waals surface area contributed by atoms with Crippen molar-refractivity contribution in [3.05, 3.63) is 47.4 Å². The van der Waals surface area contributed by atoms with E-state index in [-0.39, 0.29) is 28.7 Å². The fourth-order valence-electron chi connectivity index (χ4n) is 2.39. The molecule has 0 aliphatic rings. The molecule has 2 rings (SSSR count). The van der Waals surface area contributed by atoms with Crippen molar-refractivity contribution in [1.29, 1.82) is 0 Å². The van der Waals surface area contributed by atoms with E-state index in [0.29, 0.717) is 5.56 Å². The highest BCUT2D eigenvalue weighted by Gasteiger charge is 2.21. The second kappa shape index (κ2) is 7.28. The number of carbonyl (C=O) groups excluding carboxylic acids is 1. The van der Waals surface area contributed by atoms with Crippen molar-refractivity contribution in [2.24, 2.45) is 5.73 Å². The Balaban J connectivity index is 2.65. The van der Waals surface area contributed by atoms with Crippen molar-refractivity contribution < 1.29 is 17.6 Å². The van der Waals surface area contributed by atoms with E-state index < -0.39 is 21.7 Å². The summed E-state index contributed by atoms with van der Waals surface area (Å²) >= 11 is 0. The number of nitrogens with two attached hydrogens (primary N) is 1. The number of halogens is 1. The lowest BCUT2D eigenvalue weighted by molar-refractivity contribution is 0.100. The maximum Gasteiger partial charge on any atom is 0.252 e. The number of amides is 1. The van der Waals surface area contributed by atoms with E-state index in [1.54, 1.807) is 13.8 Å². The minimum atomic E-state index is -3.59. The lowest BCUT2D eigenvalue weighted by Gasteiger charge is -2.23. The summed E-state index contributed by atoms with van der Waals surface area (Å²) < 4.78 is 39.5. The quantitative estimate of drug-likeness (QED) is 0.801. The first-order valence-electron chi connectivity index (χ1n) is 7.81. The van der Waals surface area contributed by atoms with Gasteiger partial charge in [0.15, 0.2) is 0 Å². The van der Waals surface area contributed by atoms with Crippen LogP contribution in [0.5, 0.6) is 0 Å². The standard InChI is InChI=1S/C17H21FN4O3S/c1-10(2)12-8-15(22(3)26(4,24)25)14(9-13(12)18)21-17-11(16(19)23)6-5-7-20-17/h5-10H,1-4H3,(H2,19,23)(H,20,21). The summed E-state index contributed by atoms with van der Waals surface area (Å²) in [5.41, 5.74) is 6.20. The van der Waals surface area contributed by atoms with E-state index in [1.165, 1.54) is 37.5 Å². The SMILES string of the molecule is CC(C)c1cc(N(C)S(C)(=O)=O)c(Nc2ncccc2C(N)=O)cc1F. The Morgan fingerprint density at radius 2 is 2.00 bits per heavy atom. The fraction of sp³-hybridized carbons (Fsp3) is 0.294. The molecule has 7 nitrogen and oxygen atoms in total. The molecule has 0 atom stereocenters. The highest BCUT2D eigenvalue weighted by atomic mass is 32.2. The zero-order chi connectivity index (χ0) is 19.6. The molecule has 3 N–H and O–H groups in total. The van der Waals surface area contributed by atoms with Gasteiger partial charge in [-0.05, 0) is 35.7 Å². The van der Waals surface area contributed by atoms with E-state index in [9.17, 15) is 17.6 Å². The predicted octanol–water partition coefficient (Wildman–Crippen LogP) is 2.58. The zero-order valence-corrected chi connectivity index (χ0v) is 15.8. The molecule has 140 valence electrons. The summed E-state index contributed by atoms with van der Waals surface area (Å²) in [6.45, 7) is 3.61. The van der Waals surface area contributed by atoms with Crippen LogP contribution in [-0.4, -0.2) is 32.6 Å². The van der Waals surface area contributed by atoms with Crippen LogP contribution < -0.4 is 15.4 Å². The Kier molecular flexibility index (Phi) is 5.50. The monoisotopic (exact) mass is 380 g/mol. The third-order valence-corrected chi connectivity index (χ3v) is 5.09. The smallest absolute Gasteiger partial charge is 0.252 e. The van der Waals surface area contributed by atoms with E-state index in [0.717, 1.165) is 10.6 Å². The third kappa shape index (κ3) is 4.10. The molecule has 0 spiro atoms. The largest absolute Gasteiger partial charge is 0.365 e. The molecule has 0 aliphatic carbocycles. The number of hydrogen-bond donors (Lipinski definition) is 2. The van der Waals surface area contributed by atoms with Gasteiger partial charge in [-0.1, -0.05) is 13.8 Å². The molecule has 1 amide bonds. The lowest BCUT2D eigenvalue weighted by Crippen LogP contribution is -2.26. The van der Waals surface area contributed by atoms with Gasteiger partial charge in [-0.25, -0.2) is 17.8 Å². The molecule has 26 heavy (non-hydrogen) atoms. The van der Waals surface area contributed by atoms with E-state index in [2.05, 4.69) is 10.3 Å². The number of sulfonamides is 1. The molecule has 0 saturated heterocycles. The number of anilines is 3. The topological polar surface area (TPSA) is 105 Å². The Labute approximate surface area is 152 Å². The number of rotatable bonds is 6. The first kappa shape index (κ1) is 19.6. The van der Waals surface area contributed by atoms with Crippen molar-refractivity contribution in [3.8, 4) is 0 Å². The lowest BCUT2D eigenvalue weighted by atomic mass is 10.0. The number of primary amides is 1. The number of carbonyl (C=O) groups is 1. The highest BCUT2D eigenvalue weighted by Crippen LogP contribution is 2.35. The van der Waals surface area contributed by atoms with Gasteiger partial charge in [0.2, 0.25) is 10.0 Å². The van der Waals surface area contributed by atoms with Gasteiger partial charge in [0.25, 0.3) is 5.91 Å². The molecule has 1 heterocycles. The summed E-state index contributed by atoms with van der Waals surface area (Å²) in [5.74, 6) is -1.24. The van der Waals surface area contributed by atoms with Gasteiger partial charge >= 0.3 is 0 Å². The molecule has 0 unspecified atom stereocenters. The molecular weight excluding hydrogens is 359 g/mol. The van der Waals surface area contributed by atoms with Gasteiger partial charge in [-0.2, -0.15) is 0 Å². The summed E-state index contributed by atoms with van der Waals surface area (Å²) in [6, 6.07) is 5.66. The van der Waals surface area contributed by atoms with E-state index >= 15 is 0 Å². The molecule has 0 bridgehead atoms. The van der Waals surface area contributed by atoms with Gasteiger partial charge in [-0.3, -0.25) is 9.10 Å². The van der Waals surface area contributed by atoms with Crippen LogP contribution >= 0.6 is 0 Å². The van der Waals surface area contributed by atoms with Crippen molar-refractivity contribution in [2.45, 2.75) is 19.8 Å². The molecule has 0 saturated carbocycles. The van der Waals surface area contributed by atoms with Gasteiger partial charge < -0.3 is 11.1 Å². The molecule has 2 aromatic rings. The van der Waals surface area contributed by atoms with Gasteiger partial charge in [0, 0.05) is 13.2 Å². The summed E-state index contributed by atoms with van der Waals surface area (Å²) in [5, 5.41) is 2.82. The average molecular weight is 380 g/mol. The summed E-state index contributed by atoms with van der Waals surface area (Å²) in [4.78, 5) is 15.6. The molecule has 9 heteroatoms. The number of hydrogen-bond acceptors (Lipinski definition) is 5. The van der Waals surface area contributed by atoms with Crippen LogP contribution in [0, 0.1) is 5.82 Å². The van der Waals surface area contributed by atoms with Crippen LogP contribution in [0.25, 0.3) is 0 Å². The van der Waals surface area contributed by atoms with Crippen molar-refractivity contribution in [1.82, 2.24) is 4.98 Å². The maximum absolute atomic E-state index is 14.5. The summed E-state index contributed by atoms with van der Waals surface area (Å²) in [6.07, 6.45) is 2.48. The first-order valence-corrected chi connectivity index (χ1v) is 9.66. The Morgan fingerprint density at radius 3 is 2.54 bits per heavy atom. The van der Waals surface area contributed by atoms with Crippen molar-refractivity contribution in [3.63, 3.8) is 0 Å². The number of aromatic nitrogens is 1. The van der Waals surface area contributed by atoms with Crippen LogP contribution in [0.15, 0.2) is 30.5 Å². The summed E-state index contributed by atoms with van der Waals surface area (Å²) in [7, 11) is -2.23. The fourth-order valence-corrected chi connectivity index (χ4v) is 2.90. The van der Waals surface area contributed by atoms with Crippen molar-refractivity contribution >= 4 is 33.1 Å². The maximum atomic E-state index is 14.5. The van der Waals surface area contributed by atoms with E-state index in [1.807, 2.05) is 0 Å². The molecule has 0 aliphatic heterocycles. The molecule has 1 aromatic heterocycles. The van der Waals surface area contributed by atoms with E-state index in [4.69, 9.17) is 5.73 Å². The van der Waals surface area contributed by atoms with Crippen LogP contribution in [0.4, 0.5) is 21.6 Å². The minimum Gasteiger partial charge on any atom is -0.365 e. The van der Waals surface area contributed by atoms with Crippen LogP contribution in [0.1, 0.15) is 35.7 Å². The Bertz CT molecular complexity index is 945. The Hall–Kier alpha value is -2.68. The number of nitrogens with zero attached hydrogens (tertiary/aromatic N) is 2. The normalized spacial score (nSPS) is 11.5. The highest BCUT2D eigenvalue weighted by molar-refractivity contribution is 7.92. The second-order valence-corrected chi connectivity index (χ2v) is 8.18. The second-order valence-electron chi connectivity index (χ2n) is 6.16. The zero-order valence-electron chi connectivity index (χ0n) is 14.9. The third-order valence-electron chi connectivity index (χ3n) is 3.90. The molecular formula is C17H21FN4O3S. The van der Waals surface area contributed by atoms with Gasteiger partial charge in [0.1, 0.15) is 11.6 Å². The van der Waals surface area contributed by atoms with Crippen molar-refractivity contribution in [2.75, 3.05) is 22.9 Å². The first-order chi connectivity index (χ1) is 12.0. The molecule has 0 fully saturated rings. The predicted molar refractivity (Wildman–Crippen MR) is 99.8 cm³/mol. The van der Waals surface area contributed by atoms with Crippen LogP contribution in [-0.2, 0) is 10.0 Å².